The van der Waals surface area contributed by atoms with Gasteiger partial charge in [0.25, 0.3) is 0 Å². The van der Waals surface area contributed by atoms with E-state index in [-0.39, 0.29) is 24.9 Å². The number of amides is 1. The number of unbranched alkanes of at least 4 members (excludes halogenated alkanes) is 28. The van der Waals surface area contributed by atoms with E-state index in [2.05, 4.69) is 50.4 Å². The molecular formula is C58H103NO5. The molecule has 3 N–H and O–H groups in total. The lowest BCUT2D eigenvalue weighted by Gasteiger charge is -2.24. The Morgan fingerprint density at radius 1 is 0.469 bits per heavy atom. The van der Waals surface area contributed by atoms with E-state index in [4.69, 9.17) is 4.74 Å². The number of carbonyl (C=O) groups is 2. The molecule has 0 saturated carbocycles. The highest BCUT2D eigenvalue weighted by Crippen LogP contribution is 2.18. The molecule has 370 valence electrons. The second kappa shape index (κ2) is 51.3. The van der Waals surface area contributed by atoms with Gasteiger partial charge in [-0.25, -0.2) is 0 Å². The second-order valence-corrected chi connectivity index (χ2v) is 18.4. The van der Waals surface area contributed by atoms with Crippen LogP contribution in [0.2, 0.25) is 0 Å². The maximum absolute atomic E-state index is 13.2. The number of rotatable bonds is 48. The predicted molar refractivity (Wildman–Crippen MR) is 278 cm³/mol. The van der Waals surface area contributed by atoms with E-state index in [1.807, 2.05) is 48.6 Å². The quantitative estimate of drug-likeness (QED) is 0.0245. The number of aliphatic hydroxyl groups excluding tert-OH is 2. The molecule has 0 saturated heterocycles. The van der Waals surface area contributed by atoms with Gasteiger partial charge in [0.2, 0.25) is 5.91 Å². The van der Waals surface area contributed by atoms with Crippen molar-refractivity contribution < 1.29 is 24.5 Å². The van der Waals surface area contributed by atoms with Crippen LogP contribution in [0.15, 0.2) is 72.9 Å². The number of carbonyl (C=O) groups excluding carboxylic acids is 2. The maximum atomic E-state index is 13.2. The number of allylic oxidation sites excluding steroid dienone is 12. The average Bonchev–Trinajstić information content (AvgIpc) is 3.29. The fourth-order valence-corrected chi connectivity index (χ4v) is 8.04. The Kier molecular flexibility index (Phi) is 49.1. The molecule has 0 bridgehead atoms. The summed E-state index contributed by atoms with van der Waals surface area (Å²) in [6, 6.07) is -0.720. The summed E-state index contributed by atoms with van der Waals surface area (Å²) in [7, 11) is 0. The summed E-state index contributed by atoms with van der Waals surface area (Å²) in [5, 5.41) is 23.8. The molecule has 0 rings (SSSR count). The van der Waals surface area contributed by atoms with Crippen molar-refractivity contribution in [3.8, 4) is 0 Å². The Hall–Kier alpha value is -2.70. The SMILES string of the molecule is CC/C=C/C=C/C=C\C=C/C=C/CCCC(=O)OC(CCCCCCCCC/C=C/CCCCCCCC)CC(=O)NC(CO)C(O)CCCCCCCCCCCCCCCCC. The van der Waals surface area contributed by atoms with Gasteiger partial charge in [-0.2, -0.15) is 0 Å². The van der Waals surface area contributed by atoms with Crippen LogP contribution in [0.5, 0.6) is 0 Å². The van der Waals surface area contributed by atoms with E-state index in [1.54, 1.807) is 0 Å². The summed E-state index contributed by atoms with van der Waals surface area (Å²) in [6.45, 7) is 6.33. The molecule has 3 atom stereocenters. The van der Waals surface area contributed by atoms with Crippen LogP contribution in [0, 0.1) is 0 Å². The van der Waals surface area contributed by atoms with E-state index in [0.29, 0.717) is 25.7 Å². The summed E-state index contributed by atoms with van der Waals surface area (Å²) in [5.41, 5.74) is 0. The lowest BCUT2D eigenvalue weighted by molar-refractivity contribution is -0.151. The van der Waals surface area contributed by atoms with Crippen molar-refractivity contribution in [1.82, 2.24) is 5.32 Å². The molecule has 64 heavy (non-hydrogen) atoms. The lowest BCUT2D eigenvalue weighted by Crippen LogP contribution is -2.46. The molecule has 0 aromatic rings. The number of nitrogens with one attached hydrogen (secondary N) is 1. The molecule has 0 aromatic heterocycles. The third-order valence-corrected chi connectivity index (χ3v) is 12.1. The first kappa shape index (κ1) is 61.3. The fourth-order valence-electron chi connectivity index (χ4n) is 8.04. The van der Waals surface area contributed by atoms with Crippen LogP contribution < -0.4 is 5.32 Å². The van der Waals surface area contributed by atoms with Gasteiger partial charge in [0, 0.05) is 6.42 Å². The van der Waals surface area contributed by atoms with Crippen LogP contribution in [0.1, 0.15) is 258 Å². The Morgan fingerprint density at radius 2 is 0.859 bits per heavy atom. The topological polar surface area (TPSA) is 95.9 Å². The molecule has 0 aromatic carbocycles. The summed E-state index contributed by atoms with van der Waals surface area (Å²) in [6.07, 6.45) is 65.4. The molecule has 0 radical (unpaired) electrons. The van der Waals surface area contributed by atoms with Crippen LogP contribution in [-0.2, 0) is 14.3 Å². The maximum Gasteiger partial charge on any atom is 0.306 e. The standard InChI is InChI=1S/C58H103NO5/c1-4-7-10-13-16-19-22-25-27-28-30-32-34-37-40-43-46-49-54(64-58(63)51-48-45-42-39-36-31-24-21-18-15-12-9-6-3)52-57(62)59-55(53-60)56(61)50-47-44-41-38-35-33-29-26-23-20-17-14-11-8-5-2/h9,12,15,18,21,24-25,27,31,36,39,42,54-56,60-61H,4-8,10-11,13-14,16-17,19-20,22-23,26,28-30,32-35,37-38,40-41,43-53H2,1-3H3,(H,59,62)/b12-9+,18-15+,24-21-,27-25+,36-31-,42-39+. The zero-order valence-electron chi connectivity index (χ0n) is 42.1. The third-order valence-electron chi connectivity index (χ3n) is 12.1. The normalized spacial score (nSPS) is 13.8. The molecule has 0 aliphatic rings. The van der Waals surface area contributed by atoms with Crippen LogP contribution in [0.3, 0.4) is 0 Å². The molecule has 6 nitrogen and oxygen atoms in total. The Balaban J connectivity index is 4.65. The summed E-state index contributed by atoms with van der Waals surface area (Å²) in [5.74, 6) is -0.563. The van der Waals surface area contributed by atoms with Crippen molar-refractivity contribution >= 4 is 11.9 Å². The van der Waals surface area contributed by atoms with Crippen LogP contribution in [0.25, 0.3) is 0 Å². The molecule has 0 fully saturated rings. The van der Waals surface area contributed by atoms with Crippen LogP contribution in [-0.4, -0.2) is 46.9 Å². The monoisotopic (exact) mass is 894 g/mol. The van der Waals surface area contributed by atoms with Gasteiger partial charge < -0.3 is 20.3 Å². The minimum Gasteiger partial charge on any atom is -0.462 e. The molecule has 0 aliphatic carbocycles. The van der Waals surface area contributed by atoms with Gasteiger partial charge >= 0.3 is 5.97 Å². The fraction of sp³-hybridized carbons (Fsp3) is 0.759. The number of esters is 1. The Morgan fingerprint density at radius 3 is 1.31 bits per heavy atom. The van der Waals surface area contributed by atoms with Gasteiger partial charge in [-0.1, -0.05) is 254 Å². The molecule has 0 heterocycles. The number of ether oxygens (including phenoxy) is 1. The van der Waals surface area contributed by atoms with E-state index >= 15 is 0 Å². The molecule has 3 unspecified atom stereocenters. The van der Waals surface area contributed by atoms with E-state index in [1.165, 1.54) is 154 Å². The highest BCUT2D eigenvalue weighted by molar-refractivity contribution is 5.77. The first-order chi connectivity index (χ1) is 31.5. The summed E-state index contributed by atoms with van der Waals surface area (Å²) in [4.78, 5) is 26.2. The highest BCUT2D eigenvalue weighted by Gasteiger charge is 2.24. The van der Waals surface area contributed by atoms with Gasteiger partial charge in [0.15, 0.2) is 0 Å². The minimum absolute atomic E-state index is 0.0442. The van der Waals surface area contributed by atoms with Gasteiger partial charge in [0.05, 0.1) is 25.2 Å². The van der Waals surface area contributed by atoms with E-state index in [0.717, 1.165) is 51.4 Å². The first-order valence-electron chi connectivity index (χ1n) is 27.2. The first-order valence-corrected chi connectivity index (χ1v) is 27.2. The molecule has 0 aliphatic heterocycles. The smallest absolute Gasteiger partial charge is 0.306 e. The average molecular weight is 894 g/mol. The van der Waals surface area contributed by atoms with Crippen molar-refractivity contribution in [2.24, 2.45) is 0 Å². The summed E-state index contributed by atoms with van der Waals surface area (Å²) >= 11 is 0. The van der Waals surface area contributed by atoms with Gasteiger partial charge in [0.1, 0.15) is 6.10 Å². The van der Waals surface area contributed by atoms with Crippen LogP contribution in [0.4, 0.5) is 0 Å². The van der Waals surface area contributed by atoms with Crippen molar-refractivity contribution in [1.29, 1.82) is 0 Å². The zero-order valence-corrected chi connectivity index (χ0v) is 42.1. The number of hydrogen-bond acceptors (Lipinski definition) is 5. The van der Waals surface area contributed by atoms with E-state index in [9.17, 15) is 19.8 Å². The van der Waals surface area contributed by atoms with Crippen molar-refractivity contribution in [2.75, 3.05) is 6.61 Å². The van der Waals surface area contributed by atoms with Crippen LogP contribution >= 0.6 is 0 Å². The number of hydrogen-bond donors (Lipinski definition) is 3. The molecule has 6 heteroatoms. The summed E-state index contributed by atoms with van der Waals surface area (Å²) < 4.78 is 5.90. The minimum atomic E-state index is -0.804. The number of aliphatic hydroxyl groups is 2. The second-order valence-electron chi connectivity index (χ2n) is 18.4. The van der Waals surface area contributed by atoms with Crippen molar-refractivity contribution in [2.45, 2.75) is 277 Å². The molecular weight excluding hydrogens is 791 g/mol. The van der Waals surface area contributed by atoms with Crippen molar-refractivity contribution in [3.63, 3.8) is 0 Å². The third kappa shape index (κ3) is 45.9. The largest absolute Gasteiger partial charge is 0.462 e. The Labute approximate surface area is 396 Å². The van der Waals surface area contributed by atoms with Crippen molar-refractivity contribution in [3.05, 3.63) is 72.9 Å². The molecule has 0 spiro atoms. The predicted octanol–water partition coefficient (Wildman–Crippen LogP) is 16.6. The Bertz CT molecular complexity index is 1190. The van der Waals surface area contributed by atoms with E-state index < -0.39 is 18.2 Å². The van der Waals surface area contributed by atoms with Gasteiger partial charge in [-0.05, 0) is 64.2 Å². The van der Waals surface area contributed by atoms with Gasteiger partial charge in [-0.3, -0.25) is 9.59 Å². The zero-order chi connectivity index (χ0) is 46.7. The van der Waals surface area contributed by atoms with Gasteiger partial charge in [-0.15, -0.1) is 0 Å². The molecule has 1 amide bonds. The lowest BCUT2D eigenvalue weighted by atomic mass is 10.0. The highest BCUT2D eigenvalue weighted by atomic mass is 16.5.